The minimum absolute atomic E-state index is 1.15. The molecule has 64 valence electrons. The Hall–Kier alpha value is -0.520. The molecule has 0 atom stereocenters. The van der Waals surface area contributed by atoms with E-state index in [1.54, 1.807) is 0 Å². The molecule has 0 aliphatic carbocycles. The van der Waals surface area contributed by atoms with Gasteiger partial charge in [-0.25, -0.2) is 0 Å². The second-order valence-corrected chi connectivity index (χ2v) is 3.02. The summed E-state index contributed by atoms with van der Waals surface area (Å²) in [5, 5.41) is 0. The summed E-state index contributed by atoms with van der Waals surface area (Å²) in [6, 6.07) is 0. The smallest absolute Gasteiger partial charge is 0.0326 e. The molecule has 0 nitrogen and oxygen atoms in total. The zero-order valence-corrected chi connectivity index (χ0v) is 7.90. The van der Waals surface area contributed by atoms with Crippen molar-refractivity contribution in [2.45, 2.75) is 46.0 Å². The fraction of sp³-hybridized carbons (Fsp3) is 0.636. The van der Waals surface area contributed by atoms with Gasteiger partial charge >= 0.3 is 0 Å². The highest BCUT2D eigenvalue weighted by Crippen LogP contribution is 2.06. The van der Waals surface area contributed by atoms with Gasteiger partial charge in [-0.15, -0.1) is 6.58 Å². The van der Waals surface area contributed by atoms with E-state index in [1.165, 1.54) is 31.3 Å². The van der Waals surface area contributed by atoms with E-state index in [-0.39, 0.29) is 0 Å². The predicted octanol–water partition coefficient (Wildman–Crippen LogP) is 4.09. The number of unbranched alkanes of at least 4 members (excludes halogenated alkanes) is 2. The van der Waals surface area contributed by atoms with Crippen molar-refractivity contribution in [2.24, 2.45) is 0 Å². The zero-order valence-electron chi connectivity index (χ0n) is 7.90. The summed E-state index contributed by atoms with van der Waals surface area (Å²) in [6.07, 6.45) is 10.5. The van der Waals surface area contributed by atoms with Crippen molar-refractivity contribution in [3.63, 3.8) is 0 Å². The van der Waals surface area contributed by atoms with E-state index in [0.29, 0.717) is 0 Å². The van der Waals surface area contributed by atoms with Crippen molar-refractivity contribution in [2.75, 3.05) is 0 Å². The lowest BCUT2D eigenvalue weighted by Gasteiger charge is -1.96. The van der Waals surface area contributed by atoms with Crippen molar-refractivity contribution in [1.29, 1.82) is 0 Å². The first-order valence-corrected chi connectivity index (χ1v) is 4.57. The van der Waals surface area contributed by atoms with Crippen molar-refractivity contribution < 1.29 is 0 Å². The molecule has 0 aliphatic heterocycles. The molecule has 0 saturated heterocycles. The summed E-state index contributed by atoms with van der Waals surface area (Å²) < 4.78 is 0. The van der Waals surface area contributed by atoms with E-state index in [1.807, 2.05) is 6.08 Å². The van der Waals surface area contributed by atoms with E-state index < -0.39 is 0 Å². The number of hydrogen-bond donors (Lipinski definition) is 0. The number of allylic oxidation sites excluding steroid dienone is 3. The molecule has 0 saturated carbocycles. The molecule has 0 aliphatic rings. The van der Waals surface area contributed by atoms with Gasteiger partial charge in [0.2, 0.25) is 0 Å². The van der Waals surface area contributed by atoms with E-state index in [0.717, 1.165) is 6.42 Å². The van der Waals surface area contributed by atoms with Crippen LogP contribution in [-0.4, -0.2) is 0 Å². The molecule has 0 spiro atoms. The molecular formula is C11H20. The second-order valence-electron chi connectivity index (χ2n) is 3.02. The molecule has 0 heteroatoms. The monoisotopic (exact) mass is 152 g/mol. The molecule has 0 bridgehead atoms. The van der Waals surface area contributed by atoms with Gasteiger partial charge in [0.05, 0.1) is 0 Å². The van der Waals surface area contributed by atoms with Gasteiger partial charge in [-0.05, 0) is 32.6 Å². The first-order valence-electron chi connectivity index (χ1n) is 4.57. The van der Waals surface area contributed by atoms with Crippen LogP contribution in [0.5, 0.6) is 0 Å². The van der Waals surface area contributed by atoms with Crippen LogP contribution in [0.15, 0.2) is 24.3 Å². The van der Waals surface area contributed by atoms with Gasteiger partial charge in [0, 0.05) is 0 Å². The molecule has 0 aromatic rings. The molecule has 0 rings (SSSR count). The minimum atomic E-state index is 1.15. The Labute approximate surface area is 71.0 Å². The van der Waals surface area contributed by atoms with Crippen LogP contribution in [0.25, 0.3) is 0 Å². The summed E-state index contributed by atoms with van der Waals surface area (Å²) in [7, 11) is 0. The van der Waals surface area contributed by atoms with E-state index in [4.69, 9.17) is 0 Å². The molecule has 0 fully saturated rings. The molecule has 0 unspecified atom stereocenters. The maximum Gasteiger partial charge on any atom is -0.0326 e. The zero-order chi connectivity index (χ0) is 8.53. The highest BCUT2D eigenvalue weighted by molar-refractivity contribution is 4.97. The van der Waals surface area contributed by atoms with Gasteiger partial charge < -0.3 is 0 Å². The summed E-state index contributed by atoms with van der Waals surface area (Å²) in [4.78, 5) is 0. The third-order valence-electron chi connectivity index (χ3n) is 1.75. The number of rotatable bonds is 6. The Kier molecular flexibility index (Phi) is 7.23. The van der Waals surface area contributed by atoms with Crippen LogP contribution in [0.1, 0.15) is 46.0 Å². The van der Waals surface area contributed by atoms with Crippen LogP contribution in [0, 0.1) is 0 Å². The molecule has 11 heavy (non-hydrogen) atoms. The van der Waals surface area contributed by atoms with E-state index >= 15 is 0 Å². The highest BCUT2D eigenvalue weighted by atomic mass is 13.9. The van der Waals surface area contributed by atoms with Gasteiger partial charge in [0.1, 0.15) is 0 Å². The van der Waals surface area contributed by atoms with Crippen LogP contribution in [-0.2, 0) is 0 Å². The average Bonchev–Trinajstić information content (AvgIpc) is 1.99. The highest BCUT2D eigenvalue weighted by Gasteiger charge is 1.86. The van der Waals surface area contributed by atoms with Crippen molar-refractivity contribution in [1.82, 2.24) is 0 Å². The van der Waals surface area contributed by atoms with E-state index in [2.05, 4.69) is 26.5 Å². The largest absolute Gasteiger partial charge is 0.103 e. The van der Waals surface area contributed by atoms with Crippen LogP contribution in [0.2, 0.25) is 0 Å². The van der Waals surface area contributed by atoms with Gasteiger partial charge in [-0.1, -0.05) is 31.1 Å². The van der Waals surface area contributed by atoms with Crippen molar-refractivity contribution >= 4 is 0 Å². The maximum absolute atomic E-state index is 3.69. The lowest BCUT2D eigenvalue weighted by Crippen LogP contribution is -1.76. The Morgan fingerprint density at radius 1 is 1.36 bits per heavy atom. The standard InChI is InChI=1S/C11H20/c1-4-6-7-8-10-11(3)9-5-2/h4,10H,1,5-9H2,2-3H3. The second kappa shape index (κ2) is 7.59. The summed E-state index contributed by atoms with van der Waals surface area (Å²) >= 11 is 0. The third-order valence-corrected chi connectivity index (χ3v) is 1.75. The Morgan fingerprint density at radius 2 is 2.09 bits per heavy atom. The summed E-state index contributed by atoms with van der Waals surface area (Å²) in [6.45, 7) is 8.14. The molecular weight excluding hydrogens is 132 g/mol. The topological polar surface area (TPSA) is 0 Å². The molecule has 0 aromatic carbocycles. The maximum atomic E-state index is 3.69. The van der Waals surface area contributed by atoms with Gasteiger partial charge in [0.15, 0.2) is 0 Å². The molecule has 0 amide bonds. The van der Waals surface area contributed by atoms with Gasteiger partial charge in [-0.3, -0.25) is 0 Å². The first-order chi connectivity index (χ1) is 5.31. The minimum Gasteiger partial charge on any atom is -0.103 e. The van der Waals surface area contributed by atoms with Crippen LogP contribution in [0.4, 0.5) is 0 Å². The van der Waals surface area contributed by atoms with Gasteiger partial charge in [0.25, 0.3) is 0 Å². The molecule has 0 N–H and O–H groups in total. The average molecular weight is 152 g/mol. The Bertz CT molecular complexity index is 120. The van der Waals surface area contributed by atoms with Crippen molar-refractivity contribution in [3.05, 3.63) is 24.3 Å². The fourth-order valence-electron chi connectivity index (χ4n) is 1.11. The molecule has 0 heterocycles. The van der Waals surface area contributed by atoms with E-state index in [9.17, 15) is 0 Å². The lowest BCUT2D eigenvalue weighted by molar-refractivity contribution is 0.841. The van der Waals surface area contributed by atoms with Crippen LogP contribution < -0.4 is 0 Å². The Balaban J connectivity index is 3.31. The van der Waals surface area contributed by atoms with Gasteiger partial charge in [-0.2, -0.15) is 0 Å². The van der Waals surface area contributed by atoms with Crippen LogP contribution in [0.3, 0.4) is 0 Å². The fourth-order valence-corrected chi connectivity index (χ4v) is 1.11. The molecule has 0 aromatic heterocycles. The molecule has 0 radical (unpaired) electrons. The predicted molar refractivity (Wildman–Crippen MR) is 52.7 cm³/mol. The SMILES string of the molecule is C=CCCCC=C(C)CCC. The first kappa shape index (κ1) is 10.5. The van der Waals surface area contributed by atoms with Crippen LogP contribution >= 0.6 is 0 Å². The third kappa shape index (κ3) is 7.38. The lowest BCUT2D eigenvalue weighted by atomic mass is 10.1. The quantitative estimate of drug-likeness (QED) is 0.397. The Morgan fingerprint density at radius 3 is 2.64 bits per heavy atom. The van der Waals surface area contributed by atoms with Crippen molar-refractivity contribution in [3.8, 4) is 0 Å². The normalized spacial score (nSPS) is 11.6. The number of hydrogen-bond acceptors (Lipinski definition) is 0. The summed E-state index contributed by atoms with van der Waals surface area (Å²) in [5.41, 5.74) is 1.54. The summed E-state index contributed by atoms with van der Waals surface area (Å²) in [5.74, 6) is 0.